The summed E-state index contributed by atoms with van der Waals surface area (Å²) in [4.78, 5) is 16.5. The molecule has 3 rings (SSSR count). The molecule has 1 aliphatic carbocycles. The zero-order chi connectivity index (χ0) is 14.8. The topological polar surface area (TPSA) is 30.0 Å². The van der Waals surface area contributed by atoms with Crippen LogP contribution in [-0.4, -0.2) is 16.0 Å². The Morgan fingerprint density at radius 3 is 2.57 bits per heavy atom. The van der Waals surface area contributed by atoms with Crippen molar-refractivity contribution in [3.8, 4) is 11.1 Å². The van der Waals surface area contributed by atoms with Crippen molar-refractivity contribution < 1.29 is 4.79 Å². The van der Waals surface area contributed by atoms with E-state index < -0.39 is 5.24 Å². The van der Waals surface area contributed by atoms with Crippen LogP contribution < -0.4 is 0 Å². The minimum Gasteiger partial charge on any atom is -0.274 e. The molecule has 21 heavy (non-hydrogen) atoms. The molecule has 0 saturated heterocycles. The number of carbonyl (C=O) groups is 1. The summed E-state index contributed by atoms with van der Waals surface area (Å²) < 4.78 is 0. The van der Waals surface area contributed by atoms with Crippen LogP contribution in [0.2, 0.25) is 0 Å². The van der Waals surface area contributed by atoms with Crippen molar-refractivity contribution in [3.05, 3.63) is 47.8 Å². The second-order valence-electron chi connectivity index (χ2n) is 5.17. The molecule has 2 aromatic rings. The van der Waals surface area contributed by atoms with Crippen molar-refractivity contribution in [2.45, 2.75) is 30.6 Å². The van der Waals surface area contributed by atoms with Crippen molar-refractivity contribution in [3.63, 3.8) is 0 Å². The van der Waals surface area contributed by atoms with Crippen LogP contribution in [0.5, 0.6) is 0 Å². The molecule has 108 valence electrons. The van der Waals surface area contributed by atoms with E-state index in [9.17, 15) is 4.79 Å². The molecule has 0 N–H and O–H groups in total. The van der Waals surface area contributed by atoms with Gasteiger partial charge in [0.05, 0.1) is 0 Å². The third-order valence-electron chi connectivity index (χ3n) is 3.63. The molecule has 0 atom stereocenters. The van der Waals surface area contributed by atoms with E-state index in [1.165, 1.54) is 18.4 Å². The van der Waals surface area contributed by atoms with E-state index in [0.717, 1.165) is 27.7 Å². The number of aromatic nitrogens is 1. The van der Waals surface area contributed by atoms with Gasteiger partial charge in [0.25, 0.3) is 5.24 Å². The highest BCUT2D eigenvalue weighted by atomic mass is 35.5. The fourth-order valence-corrected chi connectivity index (χ4v) is 3.39. The van der Waals surface area contributed by atoms with Crippen molar-refractivity contribution in [2.75, 3.05) is 5.75 Å². The zero-order valence-corrected chi connectivity index (χ0v) is 13.4. The highest BCUT2D eigenvalue weighted by molar-refractivity contribution is 7.99. The number of pyridine rings is 1. The molecule has 0 amide bonds. The number of benzene rings is 1. The second kappa shape index (κ2) is 6.20. The van der Waals surface area contributed by atoms with Crippen LogP contribution in [0.1, 0.15) is 41.7 Å². The van der Waals surface area contributed by atoms with E-state index in [4.69, 9.17) is 11.6 Å². The normalized spacial score (nSPS) is 14.2. The molecule has 1 aromatic carbocycles. The first-order valence-corrected chi connectivity index (χ1v) is 8.48. The van der Waals surface area contributed by atoms with Gasteiger partial charge in [-0.2, -0.15) is 0 Å². The van der Waals surface area contributed by atoms with Gasteiger partial charge in [-0.15, -0.1) is 11.8 Å². The third-order valence-corrected chi connectivity index (χ3v) is 4.72. The van der Waals surface area contributed by atoms with Gasteiger partial charge in [-0.05, 0) is 53.3 Å². The van der Waals surface area contributed by atoms with Gasteiger partial charge in [-0.1, -0.05) is 31.2 Å². The first-order chi connectivity index (χ1) is 10.2. The number of hydrogen-bond acceptors (Lipinski definition) is 3. The Morgan fingerprint density at radius 2 is 2.00 bits per heavy atom. The molecule has 0 bridgehead atoms. The maximum atomic E-state index is 11.4. The van der Waals surface area contributed by atoms with Gasteiger partial charge in [0.15, 0.2) is 0 Å². The lowest BCUT2D eigenvalue weighted by Crippen LogP contribution is -1.98. The van der Waals surface area contributed by atoms with Crippen molar-refractivity contribution in [1.82, 2.24) is 4.98 Å². The molecule has 4 heteroatoms. The van der Waals surface area contributed by atoms with Gasteiger partial charge in [0.2, 0.25) is 0 Å². The predicted molar refractivity (Wildman–Crippen MR) is 88.2 cm³/mol. The highest BCUT2D eigenvalue weighted by Gasteiger charge is 2.23. The highest BCUT2D eigenvalue weighted by Crippen LogP contribution is 2.40. The summed E-state index contributed by atoms with van der Waals surface area (Å²) in [6, 6.07) is 10.7. The Labute approximate surface area is 133 Å². The molecule has 0 unspecified atom stereocenters. The van der Waals surface area contributed by atoms with Crippen LogP contribution in [0, 0.1) is 0 Å². The number of carbonyl (C=O) groups excluding carboxylic acids is 1. The van der Waals surface area contributed by atoms with Crippen LogP contribution in [0.15, 0.2) is 41.4 Å². The molecule has 0 radical (unpaired) electrons. The van der Waals surface area contributed by atoms with Gasteiger partial charge in [-0.25, -0.2) is 4.98 Å². The van der Waals surface area contributed by atoms with Crippen molar-refractivity contribution >= 4 is 28.6 Å². The molecule has 0 spiro atoms. The quantitative estimate of drug-likeness (QED) is 0.566. The molecule has 1 saturated carbocycles. The molecule has 1 heterocycles. The van der Waals surface area contributed by atoms with Crippen molar-refractivity contribution in [2.24, 2.45) is 0 Å². The summed E-state index contributed by atoms with van der Waals surface area (Å²) in [6.45, 7) is 2.05. The summed E-state index contributed by atoms with van der Waals surface area (Å²) >= 11 is 7.18. The van der Waals surface area contributed by atoms with Crippen molar-refractivity contribution in [1.29, 1.82) is 0 Å². The van der Waals surface area contributed by atoms with Gasteiger partial charge in [-0.3, -0.25) is 4.79 Å². The van der Waals surface area contributed by atoms with Gasteiger partial charge < -0.3 is 0 Å². The first kappa shape index (κ1) is 14.6. The molecule has 1 aliphatic rings. The Balaban J connectivity index is 1.93. The molecular formula is C17H16ClNOS. The Kier molecular flexibility index (Phi) is 4.32. The van der Waals surface area contributed by atoms with Crippen LogP contribution in [0.3, 0.4) is 0 Å². The fourth-order valence-electron chi connectivity index (χ4n) is 2.38. The Hall–Kier alpha value is -1.32. The average molecular weight is 318 g/mol. The van der Waals surface area contributed by atoms with E-state index >= 15 is 0 Å². The summed E-state index contributed by atoms with van der Waals surface area (Å²) in [5.74, 6) is 1.64. The Bertz CT molecular complexity index is 665. The standard InChI is InChI=1S/C17H16ClNOS/c1-2-21-15-9-14(10-19-16(15)17(18)20)13-7-5-12(6-8-13)11-3-4-11/h5-11H,2-4H2,1H3. The maximum absolute atomic E-state index is 11.4. The number of hydrogen-bond donors (Lipinski definition) is 0. The largest absolute Gasteiger partial charge is 0.274 e. The van der Waals surface area contributed by atoms with Gasteiger partial charge in [0, 0.05) is 16.7 Å². The second-order valence-corrected chi connectivity index (χ2v) is 6.82. The molecular weight excluding hydrogens is 302 g/mol. The molecule has 0 aliphatic heterocycles. The third kappa shape index (κ3) is 3.30. The zero-order valence-electron chi connectivity index (χ0n) is 11.8. The maximum Gasteiger partial charge on any atom is 0.271 e. The summed E-state index contributed by atoms with van der Waals surface area (Å²) in [6.07, 6.45) is 4.34. The minimum atomic E-state index is -0.499. The minimum absolute atomic E-state index is 0.349. The van der Waals surface area contributed by atoms with Crippen LogP contribution in [0.25, 0.3) is 11.1 Å². The van der Waals surface area contributed by atoms with E-state index in [0.29, 0.717) is 5.69 Å². The lowest BCUT2D eigenvalue weighted by Gasteiger charge is -2.08. The van der Waals surface area contributed by atoms with E-state index in [2.05, 4.69) is 29.2 Å². The predicted octanol–water partition coefficient (Wildman–Crippen LogP) is 5.12. The average Bonchev–Trinajstić information content (AvgIpc) is 3.32. The Morgan fingerprint density at radius 1 is 1.29 bits per heavy atom. The van der Waals surface area contributed by atoms with E-state index in [-0.39, 0.29) is 0 Å². The van der Waals surface area contributed by atoms with Gasteiger partial charge >= 0.3 is 0 Å². The summed E-state index contributed by atoms with van der Waals surface area (Å²) in [5.41, 5.74) is 3.91. The molecule has 1 aromatic heterocycles. The molecule has 2 nitrogen and oxygen atoms in total. The SMILES string of the molecule is CCSc1cc(-c2ccc(C3CC3)cc2)cnc1C(=O)Cl. The summed E-state index contributed by atoms with van der Waals surface area (Å²) in [5, 5.41) is -0.499. The van der Waals surface area contributed by atoms with E-state index in [1.807, 2.05) is 13.0 Å². The number of rotatable bonds is 5. The number of thioether (sulfide) groups is 1. The molecule has 1 fully saturated rings. The lowest BCUT2D eigenvalue weighted by atomic mass is 10.0. The van der Waals surface area contributed by atoms with Crippen LogP contribution in [0.4, 0.5) is 0 Å². The number of nitrogens with zero attached hydrogens (tertiary/aromatic N) is 1. The van der Waals surface area contributed by atoms with Crippen LogP contribution in [-0.2, 0) is 0 Å². The fraction of sp³-hybridized carbons (Fsp3) is 0.294. The monoisotopic (exact) mass is 317 g/mol. The van der Waals surface area contributed by atoms with Gasteiger partial charge in [0.1, 0.15) is 5.69 Å². The summed E-state index contributed by atoms with van der Waals surface area (Å²) in [7, 11) is 0. The number of halogens is 1. The lowest BCUT2D eigenvalue weighted by molar-refractivity contribution is 0.107. The smallest absolute Gasteiger partial charge is 0.271 e. The van der Waals surface area contributed by atoms with E-state index in [1.54, 1.807) is 18.0 Å². The van der Waals surface area contributed by atoms with Crippen LogP contribution >= 0.6 is 23.4 Å². The first-order valence-electron chi connectivity index (χ1n) is 7.12.